The molecule has 4 rings (SSSR count). The predicted octanol–water partition coefficient (Wildman–Crippen LogP) is 2.37. The predicted molar refractivity (Wildman–Crippen MR) is 122 cm³/mol. The van der Waals surface area contributed by atoms with Crippen LogP contribution in [-0.4, -0.2) is 69.8 Å². The SMILES string of the molecule is CCc1nsc(N2CCN(C(=NC)NCCc3ccn(-c4ccc(F)cc4)n3)CC2)n1. The number of aliphatic imine (C=N–C) groups is 1. The van der Waals surface area contributed by atoms with E-state index in [2.05, 4.69) is 41.5 Å². The summed E-state index contributed by atoms with van der Waals surface area (Å²) in [6, 6.07) is 8.30. The zero-order chi connectivity index (χ0) is 21.6. The van der Waals surface area contributed by atoms with Crippen molar-refractivity contribution in [3.8, 4) is 5.69 Å². The Labute approximate surface area is 185 Å². The molecule has 1 aromatic carbocycles. The molecule has 3 aromatic rings. The van der Waals surface area contributed by atoms with E-state index >= 15 is 0 Å². The van der Waals surface area contributed by atoms with Gasteiger partial charge in [0.05, 0.1) is 11.4 Å². The van der Waals surface area contributed by atoms with Gasteiger partial charge in [0.1, 0.15) is 11.6 Å². The van der Waals surface area contributed by atoms with Crippen LogP contribution in [0.4, 0.5) is 9.52 Å². The Morgan fingerprint density at radius 3 is 2.61 bits per heavy atom. The normalized spacial score (nSPS) is 14.9. The van der Waals surface area contributed by atoms with Crippen LogP contribution in [0.25, 0.3) is 5.69 Å². The molecule has 0 bridgehead atoms. The summed E-state index contributed by atoms with van der Waals surface area (Å²) in [5.74, 6) is 1.58. The van der Waals surface area contributed by atoms with Crippen molar-refractivity contribution in [1.82, 2.24) is 29.4 Å². The molecule has 1 saturated heterocycles. The lowest BCUT2D eigenvalue weighted by Gasteiger charge is -2.36. The first-order valence-corrected chi connectivity index (χ1v) is 11.3. The highest BCUT2D eigenvalue weighted by atomic mass is 32.1. The van der Waals surface area contributed by atoms with Crippen molar-refractivity contribution in [3.63, 3.8) is 0 Å². The minimum Gasteiger partial charge on any atom is -0.356 e. The third kappa shape index (κ3) is 5.19. The average Bonchev–Trinajstić information content (AvgIpc) is 3.47. The van der Waals surface area contributed by atoms with Gasteiger partial charge < -0.3 is 15.1 Å². The molecular weight excluding hydrogens is 415 g/mol. The standard InChI is InChI=1S/C21H27FN8S/c1-3-19-25-21(31-27-19)29-14-12-28(13-15-29)20(23-2)24-10-8-17-9-11-30(26-17)18-6-4-16(22)5-7-18/h4-7,9,11H,3,8,10,12-15H2,1-2H3,(H,23,24). The number of nitrogens with one attached hydrogen (secondary N) is 1. The summed E-state index contributed by atoms with van der Waals surface area (Å²) < 4.78 is 19.3. The Morgan fingerprint density at radius 1 is 1.16 bits per heavy atom. The highest BCUT2D eigenvalue weighted by molar-refractivity contribution is 7.09. The van der Waals surface area contributed by atoms with Gasteiger partial charge in [-0.1, -0.05) is 6.92 Å². The highest BCUT2D eigenvalue weighted by Crippen LogP contribution is 2.19. The van der Waals surface area contributed by atoms with E-state index in [1.54, 1.807) is 16.8 Å². The summed E-state index contributed by atoms with van der Waals surface area (Å²) in [4.78, 5) is 13.6. The van der Waals surface area contributed by atoms with Gasteiger partial charge in [0.2, 0.25) is 5.13 Å². The molecule has 10 heteroatoms. The Morgan fingerprint density at radius 2 is 1.94 bits per heavy atom. The Hall–Kier alpha value is -3.01. The second-order valence-corrected chi connectivity index (χ2v) is 8.00. The van der Waals surface area contributed by atoms with Crippen LogP contribution < -0.4 is 10.2 Å². The molecule has 164 valence electrons. The molecule has 0 radical (unpaired) electrons. The van der Waals surface area contributed by atoms with E-state index in [0.717, 1.165) is 73.9 Å². The average molecular weight is 443 g/mol. The van der Waals surface area contributed by atoms with Crippen LogP contribution in [-0.2, 0) is 12.8 Å². The number of rotatable bonds is 6. The van der Waals surface area contributed by atoms with Crippen LogP contribution in [0.1, 0.15) is 18.4 Å². The molecule has 0 amide bonds. The van der Waals surface area contributed by atoms with Crippen LogP contribution in [0.5, 0.6) is 0 Å². The molecule has 0 unspecified atom stereocenters. The first-order chi connectivity index (χ1) is 15.2. The Balaban J connectivity index is 1.25. The number of halogens is 1. The molecule has 0 spiro atoms. The van der Waals surface area contributed by atoms with Crippen LogP contribution in [0.15, 0.2) is 41.5 Å². The second kappa shape index (κ2) is 9.86. The molecular formula is C21H27FN8S. The van der Waals surface area contributed by atoms with Crippen molar-refractivity contribution >= 4 is 22.6 Å². The largest absolute Gasteiger partial charge is 0.356 e. The van der Waals surface area contributed by atoms with Crippen molar-refractivity contribution in [2.24, 2.45) is 4.99 Å². The number of hydrogen-bond acceptors (Lipinski definition) is 6. The van der Waals surface area contributed by atoms with Gasteiger partial charge >= 0.3 is 0 Å². The van der Waals surface area contributed by atoms with E-state index in [1.165, 1.54) is 23.7 Å². The van der Waals surface area contributed by atoms with Gasteiger partial charge in [-0.25, -0.2) is 14.1 Å². The molecule has 1 aliphatic rings. The maximum Gasteiger partial charge on any atom is 0.205 e. The molecule has 8 nitrogen and oxygen atoms in total. The van der Waals surface area contributed by atoms with Gasteiger partial charge in [0.25, 0.3) is 0 Å². The fourth-order valence-corrected chi connectivity index (χ4v) is 4.29. The van der Waals surface area contributed by atoms with E-state index in [-0.39, 0.29) is 5.82 Å². The van der Waals surface area contributed by atoms with E-state index in [9.17, 15) is 4.39 Å². The second-order valence-electron chi connectivity index (χ2n) is 7.27. The lowest BCUT2D eigenvalue weighted by atomic mass is 10.3. The summed E-state index contributed by atoms with van der Waals surface area (Å²) in [6.07, 6.45) is 3.54. The molecule has 1 aliphatic heterocycles. The van der Waals surface area contributed by atoms with E-state index in [1.807, 2.05) is 19.3 Å². The van der Waals surface area contributed by atoms with Gasteiger partial charge in [-0.15, -0.1) is 0 Å². The highest BCUT2D eigenvalue weighted by Gasteiger charge is 2.22. The molecule has 0 saturated carbocycles. The third-order valence-corrected chi connectivity index (χ3v) is 6.05. The van der Waals surface area contributed by atoms with Gasteiger partial charge in [-0.3, -0.25) is 4.99 Å². The van der Waals surface area contributed by atoms with E-state index in [4.69, 9.17) is 0 Å². The quantitative estimate of drug-likeness (QED) is 0.467. The minimum atomic E-state index is -0.249. The van der Waals surface area contributed by atoms with Crippen LogP contribution >= 0.6 is 11.5 Å². The Bertz CT molecular complexity index is 1000. The van der Waals surface area contributed by atoms with E-state index in [0.29, 0.717) is 0 Å². The lowest BCUT2D eigenvalue weighted by Crippen LogP contribution is -2.52. The fraction of sp³-hybridized carbons (Fsp3) is 0.429. The van der Waals surface area contributed by atoms with Crippen molar-refractivity contribution in [3.05, 3.63) is 53.9 Å². The van der Waals surface area contributed by atoms with Crippen molar-refractivity contribution < 1.29 is 4.39 Å². The molecule has 0 aliphatic carbocycles. The number of piperazine rings is 1. The van der Waals surface area contributed by atoms with Crippen molar-refractivity contribution in [2.75, 3.05) is 44.7 Å². The molecule has 2 aromatic heterocycles. The minimum absolute atomic E-state index is 0.249. The zero-order valence-corrected chi connectivity index (χ0v) is 18.6. The number of nitrogens with zero attached hydrogens (tertiary/aromatic N) is 7. The molecule has 1 N–H and O–H groups in total. The molecule has 1 fully saturated rings. The van der Waals surface area contributed by atoms with Crippen LogP contribution in [0.3, 0.4) is 0 Å². The van der Waals surface area contributed by atoms with Crippen molar-refractivity contribution in [1.29, 1.82) is 0 Å². The summed E-state index contributed by atoms with van der Waals surface area (Å²) in [5, 5.41) is 9.04. The summed E-state index contributed by atoms with van der Waals surface area (Å²) in [7, 11) is 1.82. The first-order valence-electron chi connectivity index (χ1n) is 10.5. The van der Waals surface area contributed by atoms with Gasteiger partial charge in [0.15, 0.2) is 5.96 Å². The third-order valence-electron chi connectivity index (χ3n) is 5.23. The number of guanidine groups is 1. The monoisotopic (exact) mass is 442 g/mol. The van der Waals surface area contributed by atoms with E-state index < -0.39 is 0 Å². The van der Waals surface area contributed by atoms with Crippen LogP contribution in [0.2, 0.25) is 0 Å². The zero-order valence-electron chi connectivity index (χ0n) is 17.8. The van der Waals surface area contributed by atoms with Gasteiger partial charge in [0, 0.05) is 70.3 Å². The van der Waals surface area contributed by atoms with Crippen LogP contribution in [0, 0.1) is 5.82 Å². The number of anilines is 1. The fourth-order valence-electron chi connectivity index (χ4n) is 3.49. The number of hydrogen-bond donors (Lipinski definition) is 1. The smallest absolute Gasteiger partial charge is 0.205 e. The van der Waals surface area contributed by atoms with Gasteiger partial charge in [-0.05, 0) is 30.3 Å². The number of aryl methyl sites for hydroxylation is 1. The molecule has 31 heavy (non-hydrogen) atoms. The number of benzene rings is 1. The van der Waals surface area contributed by atoms with Crippen molar-refractivity contribution in [2.45, 2.75) is 19.8 Å². The maximum atomic E-state index is 13.1. The molecule has 3 heterocycles. The summed E-state index contributed by atoms with van der Waals surface area (Å²) >= 11 is 1.48. The number of aromatic nitrogens is 4. The topological polar surface area (TPSA) is 74.5 Å². The van der Waals surface area contributed by atoms with Gasteiger partial charge in [-0.2, -0.15) is 9.47 Å². The Kier molecular flexibility index (Phi) is 6.76. The maximum absolute atomic E-state index is 13.1. The summed E-state index contributed by atoms with van der Waals surface area (Å²) in [6.45, 7) is 6.40. The molecule has 0 atom stereocenters. The first kappa shape index (κ1) is 21.2. The summed E-state index contributed by atoms with van der Waals surface area (Å²) in [5.41, 5.74) is 1.82. The lowest BCUT2D eigenvalue weighted by molar-refractivity contribution is 0.372.